The summed E-state index contributed by atoms with van der Waals surface area (Å²) in [5.41, 5.74) is 3.61. The molecule has 0 spiro atoms. The van der Waals surface area contributed by atoms with E-state index in [1.54, 1.807) is 11.4 Å². The Morgan fingerprint density at radius 1 is 1.00 bits per heavy atom. The van der Waals surface area contributed by atoms with Crippen molar-refractivity contribution < 1.29 is 8.42 Å². The topological polar surface area (TPSA) is 43.9 Å². The van der Waals surface area contributed by atoms with Gasteiger partial charge in [-0.15, -0.1) is 0 Å². The van der Waals surface area contributed by atoms with Gasteiger partial charge in [0.1, 0.15) is 0 Å². The SMILES string of the molecule is Cc1ccccc1[C@@H]1[C@@H]2CN(S(=O)(=O)N(C)Cc3ccccc3)C[C@@H]2CN1C. The molecule has 2 saturated heterocycles. The summed E-state index contributed by atoms with van der Waals surface area (Å²) in [6.07, 6.45) is 0. The van der Waals surface area contributed by atoms with Crippen LogP contribution in [-0.4, -0.2) is 55.7 Å². The van der Waals surface area contributed by atoms with Gasteiger partial charge in [0.2, 0.25) is 0 Å². The predicted molar refractivity (Wildman–Crippen MR) is 112 cm³/mol. The van der Waals surface area contributed by atoms with Crippen LogP contribution in [-0.2, 0) is 16.8 Å². The Morgan fingerprint density at radius 3 is 2.39 bits per heavy atom. The number of likely N-dealkylation sites (tertiary alicyclic amines) is 1. The van der Waals surface area contributed by atoms with E-state index < -0.39 is 10.2 Å². The minimum absolute atomic E-state index is 0.283. The summed E-state index contributed by atoms with van der Waals surface area (Å²) < 4.78 is 29.6. The molecule has 2 aromatic carbocycles. The molecule has 0 bridgehead atoms. The zero-order chi connectivity index (χ0) is 19.9. The maximum absolute atomic E-state index is 13.2. The molecule has 2 aromatic rings. The molecule has 3 atom stereocenters. The molecule has 150 valence electrons. The van der Waals surface area contributed by atoms with Gasteiger partial charge in [0.05, 0.1) is 0 Å². The van der Waals surface area contributed by atoms with E-state index in [1.165, 1.54) is 15.4 Å². The third-order valence-electron chi connectivity index (χ3n) is 6.34. The Bertz CT molecular complexity index is 932. The maximum Gasteiger partial charge on any atom is 0.282 e. The number of hydrogen-bond donors (Lipinski definition) is 0. The predicted octanol–water partition coefficient (Wildman–Crippen LogP) is 2.91. The van der Waals surface area contributed by atoms with E-state index in [2.05, 4.69) is 43.1 Å². The van der Waals surface area contributed by atoms with Crippen molar-refractivity contribution in [2.75, 3.05) is 33.7 Å². The Hall–Kier alpha value is -1.73. The second-order valence-corrected chi connectivity index (χ2v) is 10.3. The molecule has 0 aromatic heterocycles. The van der Waals surface area contributed by atoms with Gasteiger partial charge < -0.3 is 0 Å². The first-order chi connectivity index (χ1) is 13.4. The van der Waals surface area contributed by atoms with Gasteiger partial charge >= 0.3 is 0 Å². The van der Waals surface area contributed by atoms with Crippen LogP contribution in [0, 0.1) is 18.8 Å². The van der Waals surface area contributed by atoms with Gasteiger partial charge in [-0.1, -0.05) is 54.6 Å². The highest BCUT2D eigenvalue weighted by Gasteiger charge is 2.49. The number of rotatable bonds is 5. The minimum atomic E-state index is -3.46. The van der Waals surface area contributed by atoms with Gasteiger partial charge in [-0.25, -0.2) is 0 Å². The lowest BCUT2D eigenvalue weighted by atomic mass is 9.88. The summed E-state index contributed by atoms with van der Waals surface area (Å²) in [5, 5.41) is 0. The fourth-order valence-corrected chi connectivity index (χ4v) is 6.36. The Morgan fingerprint density at radius 2 is 1.68 bits per heavy atom. The molecule has 5 nitrogen and oxygen atoms in total. The molecule has 2 fully saturated rings. The van der Waals surface area contributed by atoms with E-state index in [9.17, 15) is 8.42 Å². The van der Waals surface area contributed by atoms with Crippen LogP contribution in [0.15, 0.2) is 54.6 Å². The van der Waals surface area contributed by atoms with Crippen molar-refractivity contribution in [1.29, 1.82) is 0 Å². The normalized spacial score (nSPS) is 26.1. The lowest BCUT2D eigenvalue weighted by molar-refractivity contribution is 0.256. The number of fused-ring (bicyclic) bond motifs is 1. The highest BCUT2D eigenvalue weighted by atomic mass is 32.2. The van der Waals surface area contributed by atoms with Crippen LogP contribution in [0.3, 0.4) is 0 Å². The summed E-state index contributed by atoms with van der Waals surface area (Å²) in [7, 11) is 0.380. The lowest BCUT2D eigenvalue weighted by Gasteiger charge is -2.29. The van der Waals surface area contributed by atoms with Crippen molar-refractivity contribution in [3.05, 3.63) is 71.3 Å². The van der Waals surface area contributed by atoms with Gasteiger partial charge in [0, 0.05) is 39.3 Å². The van der Waals surface area contributed by atoms with E-state index in [1.807, 2.05) is 30.3 Å². The van der Waals surface area contributed by atoms with E-state index in [-0.39, 0.29) is 6.04 Å². The Labute approximate surface area is 168 Å². The van der Waals surface area contributed by atoms with Crippen molar-refractivity contribution in [1.82, 2.24) is 13.5 Å². The lowest BCUT2D eigenvalue weighted by Crippen LogP contribution is -2.41. The van der Waals surface area contributed by atoms with Crippen molar-refractivity contribution in [2.24, 2.45) is 11.8 Å². The second kappa shape index (κ2) is 7.59. The monoisotopic (exact) mass is 399 g/mol. The Balaban J connectivity index is 1.52. The van der Waals surface area contributed by atoms with E-state index >= 15 is 0 Å². The minimum Gasteiger partial charge on any atom is -0.299 e. The first-order valence-electron chi connectivity index (χ1n) is 9.89. The first kappa shape index (κ1) is 19.6. The summed E-state index contributed by atoms with van der Waals surface area (Å²) in [4.78, 5) is 2.40. The largest absolute Gasteiger partial charge is 0.299 e. The molecule has 0 saturated carbocycles. The fourth-order valence-electron chi connectivity index (χ4n) is 4.91. The van der Waals surface area contributed by atoms with E-state index in [4.69, 9.17) is 0 Å². The van der Waals surface area contributed by atoms with Gasteiger partial charge in [-0.2, -0.15) is 17.0 Å². The zero-order valence-corrected chi connectivity index (χ0v) is 17.6. The molecular formula is C22H29N3O2S. The first-order valence-corrected chi connectivity index (χ1v) is 11.3. The molecule has 0 N–H and O–H groups in total. The van der Waals surface area contributed by atoms with Crippen LogP contribution in [0.25, 0.3) is 0 Å². The molecule has 0 aliphatic carbocycles. The van der Waals surface area contributed by atoms with Crippen LogP contribution in [0.1, 0.15) is 22.7 Å². The zero-order valence-electron chi connectivity index (χ0n) is 16.8. The Kier molecular flexibility index (Phi) is 5.31. The van der Waals surface area contributed by atoms with Crippen LogP contribution in [0.2, 0.25) is 0 Å². The van der Waals surface area contributed by atoms with Crippen LogP contribution in [0.5, 0.6) is 0 Å². The smallest absolute Gasteiger partial charge is 0.282 e. The standard InChI is InChI=1S/C22H29N3O2S/c1-17-9-7-8-12-20(17)22-21-16-25(15-19(21)14-23(22)2)28(26,27)24(3)13-18-10-5-4-6-11-18/h4-12,19,21-22H,13-16H2,1-3H3/t19-,21+,22+/m0/s1. The van der Waals surface area contributed by atoms with Gasteiger partial charge in [0.25, 0.3) is 10.2 Å². The fraction of sp³-hybridized carbons (Fsp3) is 0.455. The maximum atomic E-state index is 13.2. The number of aryl methyl sites for hydroxylation is 1. The highest BCUT2D eigenvalue weighted by molar-refractivity contribution is 7.86. The summed E-state index contributed by atoms with van der Waals surface area (Å²) in [6.45, 7) is 4.69. The molecule has 0 radical (unpaired) electrons. The average Bonchev–Trinajstić information content (AvgIpc) is 3.20. The van der Waals surface area contributed by atoms with E-state index in [0.29, 0.717) is 31.5 Å². The van der Waals surface area contributed by atoms with Crippen LogP contribution in [0.4, 0.5) is 0 Å². The summed E-state index contributed by atoms with van der Waals surface area (Å²) in [6, 6.07) is 18.5. The molecule has 2 aliphatic rings. The molecule has 2 aliphatic heterocycles. The highest BCUT2D eigenvalue weighted by Crippen LogP contribution is 2.45. The molecule has 4 rings (SSSR count). The van der Waals surface area contributed by atoms with Crippen molar-refractivity contribution in [3.63, 3.8) is 0 Å². The van der Waals surface area contributed by atoms with Crippen LogP contribution < -0.4 is 0 Å². The van der Waals surface area contributed by atoms with Crippen molar-refractivity contribution >= 4 is 10.2 Å². The van der Waals surface area contributed by atoms with Crippen molar-refractivity contribution in [2.45, 2.75) is 19.5 Å². The third-order valence-corrected chi connectivity index (χ3v) is 8.20. The molecule has 0 unspecified atom stereocenters. The summed E-state index contributed by atoms with van der Waals surface area (Å²) in [5.74, 6) is 0.723. The molecule has 2 heterocycles. The average molecular weight is 400 g/mol. The summed E-state index contributed by atoms with van der Waals surface area (Å²) >= 11 is 0. The third kappa shape index (κ3) is 3.50. The molecule has 28 heavy (non-hydrogen) atoms. The molecule has 6 heteroatoms. The van der Waals surface area contributed by atoms with Gasteiger partial charge in [0.15, 0.2) is 0 Å². The van der Waals surface area contributed by atoms with Gasteiger partial charge in [-0.3, -0.25) is 4.90 Å². The number of benzene rings is 2. The number of hydrogen-bond acceptors (Lipinski definition) is 3. The van der Waals surface area contributed by atoms with E-state index in [0.717, 1.165) is 12.1 Å². The van der Waals surface area contributed by atoms with Crippen molar-refractivity contribution in [3.8, 4) is 0 Å². The van der Waals surface area contributed by atoms with Gasteiger partial charge in [-0.05, 0) is 42.5 Å². The second-order valence-electron chi connectivity index (χ2n) is 8.23. The molecule has 0 amide bonds. The van der Waals surface area contributed by atoms with Crippen LogP contribution >= 0.6 is 0 Å². The quantitative estimate of drug-likeness (QED) is 0.777. The molecular weight excluding hydrogens is 370 g/mol. The number of nitrogens with zero attached hydrogens (tertiary/aromatic N) is 3.